The largest absolute Gasteiger partial charge is 0.298 e. The van der Waals surface area contributed by atoms with Gasteiger partial charge in [-0.15, -0.1) is 0 Å². The van der Waals surface area contributed by atoms with Crippen molar-refractivity contribution in [3.8, 4) is 0 Å². The molecule has 0 radical (unpaired) electrons. The van der Waals surface area contributed by atoms with Crippen LogP contribution in [0, 0.1) is 0 Å². The average Bonchev–Trinajstić information content (AvgIpc) is 2.19. The van der Waals surface area contributed by atoms with Crippen LogP contribution in [-0.2, 0) is 6.54 Å². The molecular weight excluding hydrogens is 166 g/mol. The second kappa shape index (κ2) is 2.97. The lowest BCUT2D eigenvalue weighted by molar-refractivity contribution is 0.715. The summed E-state index contributed by atoms with van der Waals surface area (Å²) in [7, 11) is 0. The highest BCUT2D eigenvalue weighted by atomic mass is 16.1. The summed E-state index contributed by atoms with van der Waals surface area (Å²) in [5, 5.41) is 0. The Kier molecular flexibility index (Phi) is 1.81. The number of aromatic nitrogens is 3. The van der Waals surface area contributed by atoms with Crippen LogP contribution in [0.15, 0.2) is 29.5 Å². The highest BCUT2D eigenvalue weighted by Gasteiger charge is 2.01. The summed E-state index contributed by atoms with van der Waals surface area (Å²) >= 11 is 0. The van der Waals surface area contributed by atoms with E-state index in [-0.39, 0.29) is 5.56 Å². The number of rotatable bonds is 1. The molecule has 2 heterocycles. The van der Waals surface area contributed by atoms with Gasteiger partial charge in [-0.05, 0) is 19.1 Å². The summed E-state index contributed by atoms with van der Waals surface area (Å²) in [6.07, 6.45) is 3.15. The van der Waals surface area contributed by atoms with Crippen molar-refractivity contribution in [3.05, 3.63) is 35.0 Å². The standard InChI is InChI=1S/C9H9N3O/c1-2-12-6-11-7-4-3-5-10-8(7)9(12)13/h3-6H,2H2,1H3. The van der Waals surface area contributed by atoms with E-state index >= 15 is 0 Å². The number of fused-ring (bicyclic) bond motifs is 1. The van der Waals surface area contributed by atoms with Crippen LogP contribution >= 0.6 is 0 Å². The van der Waals surface area contributed by atoms with Gasteiger partial charge in [-0.25, -0.2) is 9.97 Å². The van der Waals surface area contributed by atoms with Gasteiger partial charge in [-0.1, -0.05) is 0 Å². The van der Waals surface area contributed by atoms with Crippen LogP contribution in [0.4, 0.5) is 0 Å². The van der Waals surface area contributed by atoms with Crippen molar-refractivity contribution in [2.24, 2.45) is 0 Å². The first-order valence-corrected chi connectivity index (χ1v) is 4.13. The molecule has 4 heteroatoms. The predicted molar refractivity (Wildman–Crippen MR) is 49.5 cm³/mol. The lowest BCUT2D eigenvalue weighted by atomic mass is 10.3. The summed E-state index contributed by atoms with van der Waals surface area (Å²) < 4.78 is 1.54. The molecule has 13 heavy (non-hydrogen) atoms. The molecule has 2 aromatic heterocycles. The van der Waals surface area contributed by atoms with Gasteiger partial charge in [0.05, 0.1) is 11.8 Å². The van der Waals surface area contributed by atoms with E-state index in [9.17, 15) is 4.79 Å². The van der Waals surface area contributed by atoms with Gasteiger partial charge in [0.25, 0.3) is 5.56 Å². The van der Waals surface area contributed by atoms with Gasteiger partial charge in [0.2, 0.25) is 0 Å². The summed E-state index contributed by atoms with van der Waals surface area (Å²) in [6, 6.07) is 3.55. The quantitative estimate of drug-likeness (QED) is 0.644. The smallest absolute Gasteiger partial charge is 0.279 e. The molecule has 0 aromatic carbocycles. The first kappa shape index (κ1) is 7.91. The van der Waals surface area contributed by atoms with Crippen LogP contribution in [0.1, 0.15) is 6.92 Å². The lowest BCUT2D eigenvalue weighted by Crippen LogP contribution is -2.20. The van der Waals surface area contributed by atoms with Crippen LogP contribution in [0.2, 0.25) is 0 Å². The molecule has 0 atom stereocenters. The Morgan fingerprint density at radius 1 is 1.46 bits per heavy atom. The van der Waals surface area contributed by atoms with Gasteiger partial charge >= 0.3 is 0 Å². The first-order valence-electron chi connectivity index (χ1n) is 4.13. The lowest BCUT2D eigenvalue weighted by Gasteiger charge is -2.00. The minimum atomic E-state index is -0.0758. The fourth-order valence-corrected chi connectivity index (χ4v) is 1.21. The summed E-state index contributed by atoms with van der Waals surface area (Å²) in [5.41, 5.74) is 1.01. The molecule has 0 saturated heterocycles. The Labute approximate surface area is 74.9 Å². The van der Waals surface area contributed by atoms with E-state index in [1.807, 2.05) is 6.92 Å². The monoisotopic (exact) mass is 175 g/mol. The van der Waals surface area contributed by atoms with E-state index in [2.05, 4.69) is 9.97 Å². The van der Waals surface area contributed by atoms with Crippen molar-refractivity contribution in [3.63, 3.8) is 0 Å². The second-order valence-electron chi connectivity index (χ2n) is 2.71. The molecule has 0 aliphatic heterocycles. The summed E-state index contributed by atoms with van der Waals surface area (Å²) in [6.45, 7) is 2.52. The zero-order valence-electron chi connectivity index (χ0n) is 7.27. The maximum Gasteiger partial charge on any atom is 0.279 e. The van der Waals surface area contributed by atoms with Crippen molar-refractivity contribution >= 4 is 11.0 Å². The number of hydrogen-bond acceptors (Lipinski definition) is 3. The molecule has 0 bridgehead atoms. The molecule has 0 fully saturated rings. The van der Waals surface area contributed by atoms with Gasteiger partial charge in [0.1, 0.15) is 0 Å². The molecule has 0 aliphatic rings. The SMILES string of the molecule is CCn1cnc2cccnc2c1=O. The predicted octanol–water partition coefficient (Wildman–Crippen LogP) is 0.811. The normalized spacial score (nSPS) is 10.5. The molecule has 0 saturated carbocycles. The van der Waals surface area contributed by atoms with Crippen LogP contribution in [0.25, 0.3) is 11.0 Å². The van der Waals surface area contributed by atoms with Gasteiger partial charge < -0.3 is 0 Å². The number of nitrogens with zero attached hydrogens (tertiary/aromatic N) is 3. The van der Waals surface area contributed by atoms with Gasteiger partial charge in [0, 0.05) is 12.7 Å². The van der Waals surface area contributed by atoms with Crippen LogP contribution in [-0.4, -0.2) is 14.5 Å². The Morgan fingerprint density at radius 3 is 3.08 bits per heavy atom. The summed E-state index contributed by atoms with van der Waals surface area (Å²) in [4.78, 5) is 19.7. The molecule has 66 valence electrons. The molecule has 0 aliphatic carbocycles. The second-order valence-corrected chi connectivity index (χ2v) is 2.71. The molecule has 0 unspecified atom stereocenters. The number of pyridine rings is 1. The Morgan fingerprint density at radius 2 is 2.31 bits per heavy atom. The fourth-order valence-electron chi connectivity index (χ4n) is 1.21. The van der Waals surface area contributed by atoms with E-state index in [0.29, 0.717) is 17.6 Å². The highest BCUT2D eigenvalue weighted by molar-refractivity contribution is 5.71. The number of aryl methyl sites for hydroxylation is 1. The van der Waals surface area contributed by atoms with E-state index in [0.717, 1.165) is 0 Å². The van der Waals surface area contributed by atoms with E-state index < -0.39 is 0 Å². The maximum absolute atomic E-state index is 11.6. The third-order valence-corrected chi connectivity index (χ3v) is 1.93. The minimum Gasteiger partial charge on any atom is -0.298 e. The van der Waals surface area contributed by atoms with Crippen molar-refractivity contribution in [1.82, 2.24) is 14.5 Å². The molecule has 2 rings (SSSR count). The minimum absolute atomic E-state index is 0.0758. The van der Waals surface area contributed by atoms with Gasteiger partial charge in [0.15, 0.2) is 5.52 Å². The first-order chi connectivity index (χ1) is 6.33. The van der Waals surface area contributed by atoms with Gasteiger partial charge in [-0.2, -0.15) is 0 Å². The van der Waals surface area contributed by atoms with E-state index in [1.54, 1.807) is 24.7 Å². The number of hydrogen-bond donors (Lipinski definition) is 0. The van der Waals surface area contributed by atoms with Crippen molar-refractivity contribution in [1.29, 1.82) is 0 Å². The maximum atomic E-state index is 11.6. The fraction of sp³-hybridized carbons (Fsp3) is 0.222. The zero-order valence-corrected chi connectivity index (χ0v) is 7.27. The molecule has 0 amide bonds. The molecular formula is C9H9N3O. The topological polar surface area (TPSA) is 47.8 Å². The highest BCUT2D eigenvalue weighted by Crippen LogP contribution is 2.00. The van der Waals surface area contributed by atoms with Crippen molar-refractivity contribution in [2.75, 3.05) is 0 Å². The van der Waals surface area contributed by atoms with E-state index in [4.69, 9.17) is 0 Å². The Hall–Kier alpha value is -1.71. The molecule has 0 N–H and O–H groups in total. The van der Waals surface area contributed by atoms with Crippen LogP contribution in [0.3, 0.4) is 0 Å². The average molecular weight is 175 g/mol. The molecule has 0 spiro atoms. The Balaban J connectivity index is 2.87. The molecule has 4 nitrogen and oxygen atoms in total. The van der Waals surface area contributed by atoms with Crippen molar-refractivity contribution in [2.45, 2.75) is 13.5 Å². The van der Waals surface area contributed by atoms with E-state index in [1.165, 1.54) is 4.57 Å². The van der Waals surface area contributed by atoms with Crippen LogP contribution < -0.4 is 5.56 Å². The third kappa shape index (κ3) is 1.20. The summed E-state index contributed by atoms with van der Waals surface area (Å²) in [5.74, 6) is 0. The molecule has 2 aromatic rings. The third-order valence-electron chi connectivity index (χ3n) is 1.93. The van der Waals surface area contributed by atoms with Crippen LogP contribution in [0.5, 0.6) is 0 Å². The van der Waals surface area contributed by atoms with Gasteiger partial charge in [-0.3, -0.25) is 9.36 Å². The zero-order chi connectivity index (χ0) is 9.26. The Bertz CT molecular complexity index is 489. The van der Waals surface area contributed by atoms with Crippen molar-refractivity contribution < 1.29 is 0 Å².